The molecule has 0 saturated carbocycles. The van der Waals surface area contributed by atoms with Gasteiger partial charge >= 0.3 is 0 Å². The number of phenols is 2. The maximum atomic E-state index is 13.4. The molecular weight excluding hydrogens is 424 g/mol. The molecule has 1 unspecified atom stereocenters. The zero-order valence-corrected chi connectivity index (χ0v) is 19.9. The van der Waals surface area contributed by atoms with E-state index < -0.39 is 5.78 Å². The van der Waals surface area contributed by atoms with E-state index >= 15 is 0 Å². The van der Waals surface area contributed by atoms with Crippen molar-refractivity contribution in [3.05, 3.63) is 34.4 Å². The summed E-state index contributed by atoms with van der Waals surface area (Å²) in [4.78, 5) is 27.3. The van der Waals surface area contributed by atoms with Crippen LogP contribution in [0.5, 0.6) is 11.5 Å². The zero-order chi connectivity index (χ0) is 21.7. The number of hydrogen-bond donors (Lipinski definition) is 2. The first kappa shape index (κ1) is 24.0. The summed E-state index contributed by atoms with van der Waals surface area (Å²) in [6.07, 6.45) is 4.04. The molecule has 2 rings (SSSR count). The van der Waals surface area contributed by atoms with Crippen molar-refractivity contribution in [3.63, 3.8) is 0 Å². The Hall–Kier alpha value is -1.31. The Morgan fingerprint density at radius 2 is 1.52 bits per heavy atom. The van der Waals surface area contributed by atoms with E-state index in [9.17, 15) is 19.8 Å². The Labute approximate surface area is 185 Å². The van der Waals surface area contributed by atoms with Gasteiger partial charge in [-0.3, -0.25) is 9.59 Å². The lowest BCUT2D eigenvalue weighted by Gasteiger charge is -2.25. The average molecular weight is 453 g/mol. The van der Waals surface area contributed by atoms with Crippen LogP contribution >= 0.6 is 35.3 Å². The smallest absolute Gasteiger partial charge is 0.194 e. The number of allylic oxidation sites excluding steroid dienone is 3. The highest BCUT2D eigenvalue weighted by Gasteiger charge is 2.37. The van der Waals surface area contributed by atoms with Gasteiger partial charge in [-0.25, -0.2) is 0 Å². The molecule has 1 atom stereocenters. The van der Waals surface area contributed by atoms with Crippen LogP contribution in [-0.4, -0.2) is 44.3 Å². The largest absolute Gasteiger partial charge is 0.506 e. The SMILES string of the molecule is CCSc1c(O)c2c(c(O)c1SCC)C(=O)C(C(CC=C(C)C)SCC)=CC2=O. The fraction of sp³-hybridized carbons (Fsp3) is 0.455. The number of rotatable bonds is 9. The van der Waals surface area contributed by atoms with E-state index in [0.717, 1.165) is 11.3 Å². The topological polar surface area (TPSA) is 74.6 Å². The van der Waals surface area contributed by atoms with Gasteiger partial charge in [0.1, 0.15) is 11.5 Å². The van der Waals surface area contributed by atoms with Gasteiger partial charge in [-0.05, 0) is 43.6 Å². The molecular formula is C22H28O4S3. The Bertz CT molecular complexity index is 868. The molecule has 1 aliphatic rings. The zero-order valence-electron chi connectivity index (χ0n) is 17.5. The lowest BCUT2D eigenvalue weighted by molar-refractivity contribution is 0.0976. The number of fused-ring (bicyclic) bond motifs is 1. The van der Waals surface area contributed by atoms with Crippen LogP contribution in [0.1, 0.15) is 61.8 Å². The third kappa shape index (κ3) is 5.06. The van der Waals surface area contributed by atoms with Gasteiger partial charge in [0.15, 0.2) is 11.6 Å². The molecule has 0 heterocycles. The van der Waals surface area contributed by atoms with Gasteiger partial charge in [0.2, 0.25) is 0 Å². The second-order valence-electron chi connectivity index (χ2n) is 6.73. The van der Waals surface area contributed by atoms with Crippen LogP contribution in [0.3, 0.4) is 0 Å². The fourth-order valence-corrected chi connectivity index (χ4v) is 6.04. The number of phenolic OH excluding ortho intramolecular Hbond substituents is 2. The molecule has 0 aromatic heterocycles. The van der Waals surface area contributed by atoms with Gasteiger partial charge in [-0.15, -0.1) is 23.5 Å². The summed E-state index contributed by atoms with van der Waals surface area (Å²) in [5.74, 6) is 0.962. The third-order valence-corrected chi connectivity index (χ3v) is 7.68. The van der Waals surface area contributed by atoms with Crippen molar-refractivity contribution >= 4 is 46.9 Å². The summed E-state index contributed by atoms with van der Waals surface area (Å²) in [6.45, 7) is 9.87. The molecule has 4 nitrogen and oxygen atoms in total. The molecule has 0 saturated heterocycles. The summed E-state index contributed by atoms with van der Waals surface area (Å²) in [7, 11) is 0. The van der Waals surface area contributed by atoms with Crippen LogP contribution in [0, 0.1) is 0 Å². The molecule has 0 radical (unpaired) electrons. The Kier molecular flexibility index (Phi) is 8.79. The van der Waals surface area contributed by atoms with Crippen molar-refractivity contribution in [2.75, 3.05) is 17.3 Å². The molecule has 0 bridgehead atoms. The molecule has 0 spiro atoms. The van der Waals surface area contributed by atoms with Crippen molar-refractivity contribution in [1.82, 2.24) is 0 Å². The second-order valence-corrected chi connectivity index (χ2v) is 10.8. The van der Waals surface area contributed by atoms with E-state index in [1.54, 1.807) is 11.8 Å². The predicted molar refractivity (Wildman–Crippen MR) is 125 cm³/mol. The molecule has 0 amide bonds. The average Bonchev–Trinajstić information content (AvgIpc) is 2.67. The van der Waals surface area contributed by atoms with Crippen LogP contribution in [-0.2, 0) is 0 Å². The van der Waals surface area contributed by atoms with E-state index in [1.807, 2.05) is 34.6 Å². The molecule has 158 valence electrons. The molecule has 2 N–H and O–H groups in total. The first-order valence-electron chi connectivity index (χ1n) is 9.71. The van der Waals surface area contributed by atoms with Crippen LogP contribution in [0.2, 0.25) is 0 Å². The molecule has 7 heteroatoms. The van der Waals surface area contributed by atoms with Crippen molar-refractivity contribution in [2.45, 2.75) is 56.1 Å². The highest BCUT2D eigenvalue weighted by Crippen LogP contribution is 2.50. The Morgan fingerprint density at radius 3 is 2.00 bits per heavy atom. The molecule has 1 aliphatic carbocycles. The van der Waals surface area contributed by atoms with Crippen molar-refractivity contribution in [1.29, 1.82) is 0 Å². The van der Waals surface area contributed by atoms with Crippen LogP contribution in [0.25, 0.3) is 0 Å². The number of carbonyl (C=O) groups is 2. The Morgan fingerprint density at radius 1 is 0.966 bits per heavy atom. The minimum atomic E-state index is -0.424. The first-order valence-corrected chi connectivity index (χ1v) is 12.7. The standard InChI is InChI=1S/C22H28O4S3/c1-6-27-15(10-9-12(4)5)13-11-14(23)16-17(18(13)24)20(26)22(29-8-3)21(19(16)25)28-7-2/h9,11,15,25-26H,6-8,10H2,1-5H3. The normalized spacial score (nSPS) is 14.4. The van der Waals surface area contributed by atoms with E-state index in [0.29, 0.717) is 33.3 Å². The van der Waals surface area contributed by atoms with Gasteiger partial charge in [0.05, 0.1) is 20.9 Å². The number of thioether (sulfide) groups is 3. The predicted octanol–water partition coefficient (Wildman–Crippen LogP) is 6.11. The molecule has 0 fully saturated rings. The van der Waals surface area contributed by atoms with Gasteiger partial charge in [0.25, 0.3) is 0 Å². The van der Waals surface area contributed by atoms with Crippen LogP contribution in [0.15, 0.2) is 33.1 Å². The molecule has 1 aromatic carbocycles. The van der Waals surface area contributed by atoms with Gasteiger partial charge < -0.3 is 10.2 Å². The summed E-state index contributed by atoms with van der Waals surface area (Å²) in [5, 5.41) is 21.6. The van der Waals surface area contributed by atoms with Crippen LogP contribution in [0.4, 0.5) is 0 Å². The number of ketones is 2. The van der Waals surface area contributed by atoms with Crippen molar-refractivity contribution in [3.8, 4) is 11.5 Å². The van der Waals surface area contributed by atoms with Gasteiger partial charge in [-0.1, -0.05) is 32.4 Å². The van der Waals surface area contributed by atoms with E-state index in [-0.39, 0.29) is 33.7 Å². The number of aromatic hydroxyl groups is 2. The number of Topliss-reactive ketones (excluding diaryl/α,β-unsaturated/α-hetero) is 1. The van der Waals surface area contributed by atoms with E-state index in [2.05, 4.69) is 6.08 Å². The summed E-state index contributed by atoms with van der Waals surface area (Å²) >= 11 is 4.32. The van der Waals surface area contributed by atoms with Crippen LogP contribution < -0.4 is 0 Å². The lowest BCUT2D eigenvalue weighted by Crippen LogP contribution is -2.24. The first-order chi connectivity index (χ1) is 13.8. The highest BCUT2D eigenvalue weighted by molar-refractivity contribution is 8.02. The highest BCUT2D eigenvalue weighted by atomic mass is 32.2. The third-order valence-electron chi connectivity index (χ3n) is 4.41. The molecule has 1 aromatic rings. The minimum absolute atomic E-state index is 0.0553. The summed E-state index contributed by atoms with van der Waals surface area (Å²) in [5.41, 5.74) is 1.41. The second kappa shape index (κ2) is 10.6. The summed E-state index contributed by atoms with van der Waals surface area (Å²) in [6, 6.07) is 0. The maximum Gasteiger partial charge on any atom is 0.194 e. The van der Waals surface area contributed by atoms with Gasteiger partial charge in [-0.2, -0.15) is 11.8 Å². The molecule has 0 aliphatic heterocycles. The fourth-order valence-electron chi connectivity index (χ4n) is 3.19. The lowest BCUT2D eigenvalue weighted by atomic mass is 9.86. The van der Waals surface area contributed by atoms with Gasteiger partial charge in [0, 0.05) is 10.8 Å². The number of benzene rings is 1. The molecule has 29 heavy (non-hydrogen) atoms. The summed E-state index contributed by atoms with van der Waals surface area (Å²) < 4.78 is 0. The van der Waals surface area contributed by atoms with Crippen molar-refractivity contribution < 1.29 is 19.8 Å². The Balaban J connectivity index is 2.66. The maximum absolute atomic E-state index is 13.4. The van der Waals surface area contributed by atoms with E-state index in [4.69, 9.17) is 0 Å². The minimum Gasteiger partial charge on any atom is -0.506 e. The number of hydrogen-bond acceptors (Lipinski definition) is 7. The van der Waals surface area contributed by atoms with Crippen molar-refractivity contribution in [2.24, 2.45) is 0 Å². The quantitative estimate of drug-likeness (QED) is 0.266. The monoisotopic (exact) mass is 452 g/mol. The van der Waals surface area contributed by atoms with E-state index in [1.165, 1.54) is 29.6 Å². The number of carbonyl (C=O) groups excluding carboxylic acids is 2.